The maximum Gasteiger partial charge on any atom is 0.180 e. The molecule has 2 aliphatic rings. The van der Waals surface area contributed by atoms with E-state index in [4.69, 9.17) is 4.98 Å². The summed E-state index contributed by atoms with van der Waals surface area (Å²) in [6, 6.07) is 18.3. The highest BCUT2D eigenvalue weighted by molar-refractivity contribution is 5.56. The Morgan fingerprint density at radius 3 is 2.34 bits per heavy atom. The topological polar surface area (TPSA) is 91.8 Å². The predicted octanol–water partition coefficient (Wildman–Crippen LogP) is 3.38. The van der Waals surface area contributed by atoms with Crippen molar-refractivity contribution in [3.63, 3.8) is 0 Å². The largest absolute Gasteiger partial charge is 0.325 e. The Bertz CT molecular complexity index is 1330. The van der Waals surface area contributed by atoms with E-state index >= 15 is 0 Å². The third-order valence-electron chi connectivity index (χ3n) is 6.64. The van der Waals surface area contributed by atoms with Crippen LogP contribution in [0.3, 0.4) is 0 Å². The van der Waals surface area contributed by atoms with Crippen molar-refractivity contribution in [3.8, 4) is 11.5 Å². The maximum absolute atomic E-state index is 4.69. The molecule has 8 heteroatoms. The van der Waals surface area contributed by atoms with Gasteiger partial charge in [-0.2, -0.15) is 0 Å². The second kappa shape index (κ2) is 9.13. The highest BCUT2D eigenvalue weighted by Crippen LogP contribution is 2.34. The molecule has 4 aromatic rings. The summed E-state index contributed by atoms with van der Waals surface area (Å²) in [7, 11) is 0. The lowest BCUT2D eigenvalue weighted by atomic mass is 9.74. The van der Waals surface area contributed by atoms with E-state index in [1.54, 1.807) is 12.4 Å². The van der Waals surface area contributed by atoms with Crippen LogP contribution in [0.4, 0.5) is 11.6 Å². The van der Waals surface area contributed by atoms with Gasteiger partial charge in [-0.1, -0.05) is 30.3 Å². The number of pyridine rings is 1. The summed E-state index contributed by atoms with van der Waals surface area (Å²) in [4.78, 5) is 25.2. The van der Waals surface area contributed by atoms with Crippen molar-refractivity contribution in [3.05, 3.63) is 89.6 Å². The van der Waals surface area contributed by atoms with Gasteiger partial charge in [0.25, 0.3) is 0 Å². The van der Waals surface area contributed by atoms with Crippen LogP contribution in [-0.4, -0.2) is 56.0 Å². The molecule has 0 radical (unpaired) electrons. The maximum atomic E-state index is 4.69. The van der Waals surface area contributed by atoms with E-state index < -0.39 is 0 Å². The van der Waals surface area contributed by atoms with E-state index in [0.29, 0.717) is 29.3 Å². The van der Waals surface area contributed by atoms with Crippen molar-refractivity contribution in [2.75, 3.05) is 31.5 Å². The standard InChI is InChI=1S/C27H28N8/c1-19-3-2-4-22(31-19)26-30-12-10-24(34-26)32-23-9-11-29-25(33-23)13-20-5-7-21(8-6-20)14-35-17-27(18-35)15-28-16-27/h2-12,28H,13-18H2,1H3,(H,29,30,32,33,34). The van der Waals surface area contributed by atoms with Crippen LogP contribution >= 0.6 is 0 Å². The Morgan fingerprint density at radius 1 is 0.857 bits per heavy atom. The van der Waals surface area contributed by atoms with E-state index in [1.807, 2.05) is 37.3 Å². The minimum Gasteiger partial charge on any atom is -0.325 e. The Labute approximate surface area is 204 Å². The van der Waals surface area contributed by atoms with Crippen LogP contribution in [0.15, 0.2) is 67.0 Å². The van der Waals surface area contributed by atoms with Gasteiger partial charge in [-0.15, -0.1) is 0 Å². The molecule has 0 unspecified atom stereocenters. The summed E-state index contributed by atoms with van der Waals surface area (Å²) in [5, 5.41) is 6.67. The molecule has 0 aliphatic carbocycles. The molecule has 2 N–H and O–H groups in total. The average Bonchev–Trinajstić information content (AvgIpc) is 2.81. The third-order valence-corrected chi connectivity index (χ3v) is 6.64. The summed E-state index contributed by atoms with van der Waals surface area (Å²) < 4.78 is 0. The van der Waals surface area contributed by atoms with Gasteiger partial charge >= 0.3 is 0 Å². The first-order valence-corrected chi connectivity index (χ1v) is 12.0. The zero-order valence-corrected chi connectivity index (χ0v) is 19.8. The third kappa shape index (κ3) is 4.89. The molecule has 6 rings (SSSR count). The van der Waals surface area contributed by atoms with E-state index in [0.717, 1.165) is 23.8 Å². The van der Waals surface area contributed by atoms with Gasteiger partial charge in [0.05, 0.1) is 0 Å². The molecule has 2 fully saturated rings. The SMILES string of the molecule is Cc1cccc(-c2nccc(Nc3ccnc(Cc4ccc(CN5CC6(CNC6)C5)cc4)n3)n2)n1. The van der Waals surface area contributed by atoms with Gasteiger partial charge in [0.2, 0.25) is 0 Å². The highest BCUT2D eigenvalue weighted by Gasteiger charge is 2.46. The van der Waals surface area contributed by atoms with Crippen molar-refractivity contribution in [2.24, 2.45) is 5.41 Å². The van der Waals surface area contributed by atoms with E-state index in [9.17, 15) is 0 Å². The van der Waals surface area contributed by atoms with Crippen molar-refractivity contribution >= 4 is 11.6 Å². The molecule has 8 nitrogen and oxygen atoms in total. The molecular weight excluding hydrogens is 436 g/mol. The van der Waals surface area contributed by atoms with Crippen LogP contribution in [-0.2, 0) is 13.0 Å². The quantitative estimate of drug-likeness (QED) is 0.430. The molecule has 35 heavy (non-hydrogen) atoms. The molecular formula is C27H28N8. The van der Waals surface area contributed by atoms with Crippen LogP contribution in [0.5, 0.6) is 0 Å². The molecule has 2 saturated heterocycles. The summed E-state index contributed by atoms with van der Waals surface area (Å²) in [5.41, 5.74) is 4.80. The van der Waals surface area contributed by atoms with Crippen LogP contribution in [0.2, 0.25) is 0 Å². The van der Waals surface area contributed by atoms with Crippen LogP contribution in [0.1, 0.15) is 22.6 Å². The van der Waals surface area contributed by atoms with E-state index in [2.05, 4.69) is 59.7 Å². The fraction of sp³-hybridized carbons (Fsp3) is 0.296. The lowest BCUT2D eigenvalue weighted by Crippen LogP contribution is -2.70. The number of nitrogens with zero attached hydrogens (tertiary/aromatic N) is 6. The number of nitrogens with one attached hydrogen (secondary N) is 2. The zero-order chi connectivity index (χ0) is 23.7. The van der Waals surface area contributed by atoms with Crippen molar-refractivity contribution in [1.29, 1.82) is 0 Å². The van der Waals surface area contributed by atoms with Gasteiger partial charge in [0.1, 0.15) is 23.2 Å². The molecule has 176 valence electrons. The number of hydrogen-bond donors (Lipinski definition) is 2. The minimum atomic E-state index is 0.571. The molecule has 0 saturated carbocycles. The minimum absolute atomic E-state index is 0.571. The van der Waals surface area contributed by atoms with Crippen molar-refractivity contribution in [2.45, 2.75) is 19.9 Å². The molecule has 1 aromatic carbocycles. The number of aryl methyl sites for hydroxylation is 1. The Morgan fingerprint density at radius 2 is 1.60 bits per heavy atom. The lowest BCUT2D eigenvalue weighted by molar-refractivity contribution is -0.0444. The molecule has 0 atom stereocenters. The summed E-state index contributed by atoms with van der Waals surface area (Å²) in [6.07, 6.45) is 4.18. The number of aromatic nitrogens is 5. The molecule has 2 aliphatic heterocycles. The summed E-state index contributed by atoms with van der Waals surface area (Å²) >= 11 is 0. The fourth-order valence-electron chi connectivity index (χ4n) is 4.82. The van der Waals surface area contributed by atoms with Gasteiger partial charge in [0, 0.05) is 62.6 Å². The normalized spacial score (nSPS) is 16.5. The molecule has 1 spiro atoms. The molecule has 3 aromatic heterocycles. The lowest BCUT2D eigenvalue weighted by Gasteiger charge is -2.56. The number of anilines is 2. The van der Waals surface area contributed by atoms with Crippen LogP contribution in [0.25, 0.3) is 11.5 Å². The molecule has 5 heterocycles. The highest BCUT2D eigenvalue weighted by atomic mass is 15.3. The van der Waals surface area contributed by atoms with Crippen molar-refractivity contribution in [1.82, 2.24) is 35.1 Å². The van der Waals surface area contributed by atoms with Gasteiger partial charge < -0.3 is 10.6 Å². The number of hydrogen-bond acceptors (Lipinski definition) is 8. The number of likely N-dealkylation sites (tertiary alicyclic amines) is 1. The predicted molar refractivity (Wildman–Crippen MR) is 135 cm³/mol. The molecule has 0 bridgehead atoms. The van der Waals surface area contributed by atoms with Gasteiger partial charge in [0.15, 0.2) is 5.82 Å². The number of rotatable bonds is 7. The van der Waals surface area contributed by atoms with Crippen LogP contribution in [0, 0.1) is 12.3 Å². The van der Waals surface area contributed by atoms with E-state index in [-0.39, 0.29) is 0 Å². The smallest absolute Gasteiger partial charge is 0.180 e. The van der Waals surface area contributed by atoms with E-state index in [1.165, 1.54) is 37.3 Å². The van der Waals surface area contributed by atoms with Gasteiger partial charge in [-0.05, 0) is 42.3 Å². The van der Waals surface area contributed by atoms with Gasteiger partial charge in [-0.3, -0.25) is 4.90 Å². The Kier molecular flexibility index (Phi) is 5.67. The monoisotopic (exact) mass is 464 g/mol. The fourth-order valence-corrected chi connectivity index (χ4v) is 4.82. The summed E-state index contributed by atoms with van der Waals surface area (Å²) in [6.45, 7) is 7.76. The average molecular weight is 465 g/mol. The second-order valence-corrected chi connectivity index (χ2v) is 9.65. The first kappa shape index (κ1) is 21.8. The first-order valence-electron chi connectivity index (χ1n) is 12.0. The van der Waals surface area contributed by atoms with Gasteiger partial charge in [-0.25, -0.2) is 24.9 Å². The van der Waals surface area contributed by atoms with Crippen LogP contribution < -0.4 is 10.6 Å². The Balaban J connectivity index is 1.09. The second-order valence-electron chi connectivity index (χ2n) is 9.65. The first-order chi connectivity index (χ1) is 17.1. The zero-order valence-electron chi connectivity index (χ0n) is 19.8. The molecule has 0 amide bonds. The number of benzene rings is 1. The Hall–Kier alpha value is -3.75. The van der Waals surface area contributed by atoms with Crippen molar-refractivity contribution < 1.29 is 0 Å². The summed E-state index contributed by atoms with van der Waals surface area (Å²) in [5.74, 6) is 2.70.